The summed E-state index contributed by atoms with van der Waals surface area (Å²) >= 11 is 0. The first-order valence-electron chi connectivity index (χ1n) is 8.30. The first kappa shape index (κ1) is 16.9. The van der Waals surface area contributed by atoms with Crippen molar-refractivity contribution >= 4 is 5.91 Å². The Morgan fingerprint density at radius 3 is 2.36 bits per heavy atom. The fourth-order valence-corrected chi connectivity index (χ4v) is 2.70. The van der Waals surface area contributed by atoms with Gasteiger partial charge in [-0.15, -0.1) is 0 Å². The third-order valence-electron chi connectivity index (χ3n) is 4.49. The molecule has 5 nitrogen and oxygen atoms in total. The highest BCUT2D eigenvalue weighted by Crippen LogP contribution is 2.25. The van der Waals surface area contributed by atoms with Gasteiger partial charge in [0.25, 0.3) is 0 Å². The van der Waals surface area contributed by atoms with Crippen LogP contribution in [0.3, 0.4) is 0 Å². The summed E-state index contributed by atoms with van der Waals surface area (Å²) in [4.78, 5) is 16.7. The second-order valence-corrected chi connectivity index (χ2v) is 6.62. The number of carbonyl (C=O) groups is 1. The van der Waals surface area contributed by atoms with Gasteiger partial charge in [-0.3, -0.25) is 4.79 Å². The molecule has 0 spiro atoms. The Labute approximate surface area is 147 Å². The summed E-state index contributed by atoms with van der Waals surface area (Å²) in [5, 5.41) is 7.23. The van der Waals surface area contributed by atoms with Gasteiger partial charge in [-0.25, -0.2) is 9.67 Å². The molecule has 1 unspecified atom stereocenters. The topological polar surface area (TPSA) is 59.8 Å². The van der Waals surface area contributed by atoms with Crippen molar-refractivity contribution in [2.45, 2.75) is 32.2 Å². The van der Waals surface area contributed by atoms with Crippen LogP contribution in [0.25, 0.3) is 5.69 Å². The molecule has 25 heavy (non-hydrogen) atoms. The molecule has 0 saturated heterocycles. The lowest BCUT2D eigenvalue weighted by Crippen LogP contribution is -2.41. The van der Waals surface area contributed by atoms with Gasteiger partial charge in [-0.1, -0.05) is 42.5 Å². The molecule has 0 aliphatic carbocycles. The summed E-state index contributed by atoms with van der Waals surface area (Å²) in [6, 6.07) is 17.7. The van der Waals surface area contributed by atoms with Crippen LogP contribution in [0.5, 0.6) is 0 Å². The van der Waals surface area contributed by atoms with E-state index >= 15 is 0 Å². The Kier molecular flexibility index (Phi) is 4.65. The normalized spacial score (nSPS) is 12.6. The molecule has 1 aromatic heterocycles. The van der Waals surface area contributed by atoms with Crippen LogP contribution in [0, 0.1) is 0 Å². The molecule has 0 bridgehead atoms. The van der Waals surface area contributed by atoms with Crippen molar-refractivity contribution in [2.75, 3.05) is 0 Å². The summed E-state index contributed by atoms with van der Waals surface area (Å²) in [7, 11) is 0. The molecule has 0 aliphatic heterocycles. The highest BCUT2D eigenvalue weighted by Gasteiger charge is 2.30. The van der Waals surface area contributed by atoms with Gasteiger partial charge < -0.3 is 5.32 Å². The number of rotatable bonds is 5. The average molecular weight is 334 g/mol. The Hall–Kier alpha value is -2.95. The third kappa shape index (κ3) is 3.60. The molecule has 5 heteroatoms. The highest BCUT2D eigenvalue weighted by molar-refractivity contribution is 5.87. The van der Waals surface area contributed by atoms with E-state index in [0.29, 0.717) is 0 Å². The smallest absolute Gasteiger partial charge is 0.230 e. The Morgan fingerprint density at radius 2 is 1.76 bits per heavy atom. The lowest BCUT2D eigenvalue weighted by molar-refractivity contribution is -0.126. The van der Waals surface area contributed by atoms with Crippen LogP contribution in [0.2, 0.25) is 0 Å². The fraction of sp³-hybridized carbons (Fsp3) is 0.250. The van der Waals surface area contributed by atoms with Gasteiger partial charge in [-0.2, -0.15) is 5.10 Å². The first-order valence-corrected chi connectivity index (χ1v) is 8.30. The van der Waals surface area contributed by atoms with Crippen LogP contribution >= 0.6 is 0 Å². The van der Waals surface area contributed by atoms with Crippen molar-refractivity contribution in [3.63, 3.8) is 0 Å². The number of hydrogen-bond donors (Lipinski definition) is 1. The van der Waals surface area contributed by atoms with Crippen LogP contribution in [0.15, 0.2) is 67.3 Å². The summed E-state index contributed by atoms with van der Waals surface area (Å²) in [5.41, 5.74) is 2.39. The SMILES string of the molecule is CC(NC(=O)C(C)(C)c1ccccc1)c1ccc(-n2cncn2)cc1. The molecular weight excluding hydrogens is 312 g/mol. The van der Waals surface area contributed by atoms with Crippen LogP contribution in [-0.4, -0.2) is 20.7 Å². The molecule has 1 amide bonds. The van der Waals surface area contributed by atoms with Crippen LogP contribution in [0.4, 0.5) is 0 Å². The second kappa shape index (κ2) is 6.89. The highest BCUT2D eigenvalue weighted by atomic mass is 16.2. The minimum atomic E-state index is -0.587. The fourth-order valence-electron chi connectivity index (χ4n) is 2.70. The summed E-state index contributed by atoms with van der Waals surface area (Å²) in [6.45, 7) is 5.87. The lowest BCUT2D eigenvalue weighted by atomic mass is 9.83. The van der Waals surface area contributed by atoms with Gasteiger partial charge in [0.2, 0.25) is 5.91 Å². The number of amides is 1. The van der Waals surface area contributed by atoms with Crippen molar-refractivity contribution in [2.24, 2.45) is 0 Å². The van der Waals surface area contributed by atoms with E-state index in [2.05, 4.69) is 15.4 Å². The van der Waals surface area contributed by atoms with Crippen molar-refractivity contribution in [3.05, 3.63) is 78.4 Å². The average Bonchev–Trinajstić information content (AvgIpc) is 3.17. The first-order chi connectivity index (χ1) is 12.0. The van der Waals surface area contributed by atoms with Gasteiger partial charge in [-0.05, 0) is 44.0 Å². The number of aromatic nitrogens is 3. The van der Waals surface area contributed by atoms with Crippen LogP contribution in [0.1, 0.15) is 37.9 Å². The van der Waals surface area contributed by atoms with Crippen molar-refractivity contribution < 1.29 is 4.79 Å². The lowest BCUT2D eigenvalue weighted by Gasteiger charge is -2.26. The number of benzene rings is 2. The second-order valence-electron chi connectivity index (χ2n) is 6.62. The Balaban J connectivity index is 1.71. The number of nitrogens with zero attached hydrogens (tertiary/aromatic N) is 3. The summed E-state index contributed by atoms with van der Waals surface area (Å²) in [6.07, 6.45) is 3.16. The molecule has 0 fully saturated rings. The molecule has 0 aliphatic rings. The van der Waals surface area contributed by atoms with E-state index in [-0.39, 0.29) is 11.9 Å². The van der Waals surface area contributed by atoms with E-state index in [1.165, 1.54) is 6.33 Å². The van der Waals surface area contributed by atoms with E-state index in [0.717, 1.165) is 16.8 Å². The maximum absolute atomic E-state index is 12.8. The zero-order chi connectivity index (χ0) is 17.9. The zero-order valence-corrected chi connectivity index (χ0v) is 14.7. The van der Waals surface area contributed by atoms with Gasteiger partial charge in [0.1, 0.15) is 12.7 Å². The number of carbonyl (C=O) groups excluding carboxylic acids is 1. The molecule has 2 aromatic carbocycles. The van der Waals surface area contributed by atoms with Crippen LogP contribution < -0.4 is 5.32 Å². The van der Waals surface area contributed by atoms with Gasteiger partial charge >= 0.3 is 0 Å². The molecule has 3 aromatic rings. The monoisotopic (exact) mass is 334 g/mol. The van der Waals surface area contributed by atoms with Gasteiger partial charge in [0.15, 0.2) is 0 Å². The molecular formula is C20H22N4O. The van der Waals surface area contributed by atoms with Crippen LogP contribution in [-0.2, 0) is 10.2 Å². The minimum absolute atomic E-state index is 0.00607. The van der Waals surface area contributed by atoms with Crippen molar-refractivity contribution in [3.8, 4) is 5.69 Å². The van der Waals surface area contributed by atoms with Gasteiger partial charge in [0.05, 0.1) is 17.1 Å². The predicted molar refractivity (Wildman–Crippen MR) is 97.4 cm³/mol. The minimum Gasteiger partial charge on any atom is -0.349 e. The maximum Gasteiger partial charge on any atom is 0.230 e. The Bertz CT molecular complexity index is 824. The predicted octanol–water partition coefficient (Wildman–Crippen LogP) is 3.42. The Morgan fingerprint density at radius 1 is 1.08 bits per heavy atom. The van der Waals surface area contributed by atoms with Crippen molar-refractivity contribution in [1.29, 1.82) is 0 Å². The molecule has 128 valence electrons. The molecule has 1 atom stereocenters. The standard InChI is InChI=1S/C20H22N4O/c1-15(16-9-11-18(12-10-16)24-14-21-13-22-24)23-19(25)20(2,3)17-7-5-4-6-8-17/h4-15H,1-3H3,(H,23,25). The largest absolute Gasteiger partial charge is 0.349 e. The van der Waals surface area contributed by atoms with E-state index in [1.54, 1.807) is 11.0 Å². The molecule has 1 heterocycles. The van der Waals surface area contributed by atoms with Crippen molar-refractivity contribution in [1.82, 2.24) is 20.1 Å². The van der Waals surface area contributed by atoms with E-state index in [4.69, 9.17) is 0 Å². The third-order valence-corrected chi connectivity index (χ3v) is 4.49. The number of nitrogens with one attached hydrogen (secondary N) is 1. The van der Waals surface area contributed by atoms with E-state index in [1.807, 2.05) is 75.4 Å². The molecule has 0 saturated carbocycles. The van der Waals surface area contributed by atoms with E-state index < -0.39 is 5.41 Å². The van der Waals surface area contributed by atoms with Gasteiger partial charge in [0, 0.05) is 0 Å². The molecule has 0 radical (unpaired) electrons. The molecule has 3 rings (SSSR count). The molecule has 1 N–H and O–H groups in total. The summed E-state index contributed by atoms with van der Waals surface area (Å²) in [5.74, 6) is 0.00607. The van der Waals surface area contributed by atoms with E-state index in [9.17, 15) is 4.79 Å². The summed E-state index contributed by atoms with van der Waals surface area (Å²) < 4.78 is 1.70. The number of hydrogen-bond acceptors (Lipinski definition) is 3. The zero-order valence-electron chi connectivity index (χ0n) is 14.7. The maximum atomic E-state index is 12.8. The quantitative estimate of drug-likeness (QED) is 0.778.